The lowest BCUT2D eigenvalue weighted by Crippen LogP contribution is -2.51. The van der Waals surface area contributed by atoms with E-state index in [1.165, 1.54) is 6.42 Å². The van der Waals surface area contributed by atoms with Gasteiger partial charge in [-0.05, 0) is 37.2 Å². The second-order valence-corrected chi connectivity index (χ2v) is 9.02. The third-order valence-corrected chi connectivity index (χ3v) is 6.64. The van der Waals surface area contributed by atoms with Crippen molar-refractivity contribution in [3.63, 3.8) is 0 Å². The summed E-state index contributed by atoms with van der Waals surface area (Å²) in [5.41, 5.74) is 3.61. The molecule has 5 rings (SSSR count). The molecule has 2 aliphatic rings. The fourth-order valence-corrected chi connectivity index (χ4v) is 4.63. The monoisotopic (exact) mass is 431 g/mol. The fourth-order valence-electron chi connectivity index (χ4n) is 4.63. The molecule has 2 aromatic heterocycles. The Morgan fingerprint density at radius 1 is 1.06 bits per heavy atom. The van der Waals surface area contributed by atoms with E-state index >= 15 is 0 Å². The van der Waals surface area contributed by atoms with E-state index in [9.17, 15) is 9.59 Å². The number of carbonyl (C=O) groups is 2. The molecule has 0 saturated heterocycles. The van der Waals surface area contributed by atoms with Crippen LogP contribution in [0.25, 0.3) is 11.2 Å². The average molecular weight is 432 g/mol. The molecule has 0 unspecified atom stereocenters. The lowest BCUT2D eigenvalue weighted by Gasteiger charge is -2.30. The molecule has 3 N–H and O–H groups in total. The number of aromatic nitrogens is 3. The Labute approximate surface area is 187 Å². The van der Waals surface area contributed by atoms with Gasteiger partial charge in [-0.15, -0.1) is 0 Å². The van der Waals surface area contributed by atoms with Crippen LogP contribution in [0.3, 0.4) is 0 Å². The molecule has 7 heteroatoms. The van der Waals surface area contributed by atoms with Gasteiger partial charge in [-0.1, -0.05) is 49.6 Å². The molecule has 0 radical (unpaired) electrons. The van der Waals surface area contributed by atoms with Gasteiger partial charge in [-0.25, -0.2) is 9.97 Å². The number of benzene rings is 1. The first-order chi connectivity index (χ1) is 15.7. The van der Waals surface area contributed by atoms with Crippen molar-refractivity contribution < 1.29 is 9.59 Å². The van der Waals surface area contributed by atoms with E-state index in [0.717, 1.165) is 49.8 Å². The number of nitrogens with zero attached hydrogens (tertiary/aromatic N) is 2. The van der Waals surface area contributed by atoms with Crippen molar-refractivity contribution in [2.75, 3.05) is 0 Å². The molecule has 2 saturated carbocycles. The maximum absolute atomic E-state index is 13.3. The van der Waals surface area contributed by atoms with Crippen LogP contribution in [0.5, 0.6) is 0 Å². The summed E-state index contributed by atoms with van der Waals surface area (Å²) in [7, 11) is 0. The summed E-state index contributed by atoms with van der Waals surface area (Å²) >= 11 is 0. The van der Waals surface area contributed by atoms with Crippen molar-refractivity contribution in [3.8, 4) is 0 Å². The zero-order valence-electron chi connectivity index (χ0n) is 18.1. The van der Waals surface area contributed by atoms with Gasteiger partial charge < -0.3 is 15.6 Å². The van der Waals surface area contributed by atoms with Crippen LogP contribution in [0, 0.1) is 5.92 Å². The lowest BCUT2D eigenvalue weighted by molar-refractivity contribution is -0.124. The third kappa shape index (κ3) is 4.52. The van der Waals surface area contributed by atoms with E-state index in [2.05, 4.69) is 20.6 Å². The van der Waals surface area contributed by atoms with E-state index in [-0.39, 0.29) is 17.7 Å². The Morgan fingerprint density at radius 2 is 1.84 bits per heavy atom. The van der Waals surface area contributed by atoms with Gasteiger partial charge >= 0.3 is 0 Å². The summed E-state index contributed by atoms with van der Waals surface area (Å²) < 4.78 is 0. The number of nitrogens with one attached hydrogen (secondary N) is 3. The Bertz CT molecular complexity index is 1100. The minimum atomic E-state index is -0.559. The first-order valence-corrected chi connectivity index (χ1v) is 11.7. The minimum Gasteiger partial charge on any atom is -0.350 e. The van der Waals surface area contributed by atoms with Crippen molar-refractivity contribution in [3.05, 3.63) is 59.5 Å². The number of aromatic amines is 1. The van der Waals surface area contributed by atoms with E-state index in [0.29, 0.717) is 29.2 Å². The minimum absolute atomic E-state index is 0.126. The Balaban J connectivity index is 1.34. The topological polar surface area (TPSA) is 99.8 Å². The summed E-state index contributed by atoms with van der Waals surface area (Å²) in [5.74, 6) is 0.195. The van der Waals surface area contributed by atoms with Gasteiger partial charge in [0.2, 0.25) is 5.91 Å². The first kappa shape index (κ1) is 20.7. The second kappa shape index (κ2) is 9.10. The third-order valence-electron chi connectivity index (χ3n) is 6.64. The van der Waals surface area contributed by atoms with Gasteiger partial charge in [0.05, 0.1) is 17.5 Å². The van der Waals surface area contributed by atoms with Crippen molar-refractivity contribution in [1.29, 1.82) is 0 Å². The predicted molar refractivity (Wildman–Crippen MR) is 122 cm³/mol. The standard InChI is InChI=1S/C25H29N5O2/c31-24(19-14-26-23-22(19)29-20(15-27-23)17-11-12-17)30-21(18-9-5-2-6-10-18)25(32)28-13-16-7-3-1-4-8-16/h1,3-4,7-8,14-15,17-18,21H,2,5-6,9-13H2,(H,26,27)(H,28,32)(H,30,31)/t21-/m1/s1. The molecule has 1 atom stereocenters. The van der Waals surface area contributed by atoms with Crippen LogP contribution in [-0.2, 0) is 11.3 Å². The van der Waals surface area contributed by atoms with Crippen molar-refractivity contribution in [2.24, 2.45) is 5.92 Å². The quantitative estimate of drug-likeness (QED) is 0.529. The van der Waals surface area contributed by atoms with Gasteiger partial charge in [0.25, 0.3) is 5.91 Å². The zero-order chi connectivity index (χ0) is 21.9. The van der Waals surface area contributed by atoms with E-state index in [1.807, 2.05) is 30.3 Å². The maximum atomic E-state index is 13.3. The predicted octanol–water partition coefficient (Wildman–Crippen LogP) is 3.83. The summed E-state index contributed by atoms with van der Waals surface area (Å²) in [5, 5.41) is 6.07. The molecule has 2 amide bonds. The SMILES string of the molecule is O=C(N[C@@H](C(=O)NCc1ccccc1)C1CCCCC1)c1c[nH]c2ncc(C3CC3)nc12. The van der Waals surface area contributed by atoms with Gasteiger partial charge in [0, 0.05) is 18.7 Å². The summed E-state index contributed by atoms with van der Waals surface area (Å²) in [6, 6.07) is 9.27. The lowest BCUT2D eigenvalue weighted by atomic mass is 9.83. The molecule has 0 bridgehead atoms. The first-order valence-electron chi connectivity index (χ1n) is 11.7. The molecule has 166 valence electrons. The highest BCUT2D eigenvalue weighted by atomic mass is 16.2. The van der Waals surface area contributed by atoms with Gasteiger partial charge in [0.1, 0.15) is 11.6 Å². The van der Waals surface area contributed by atoms with Crippen LogP contribution < -0.4 is 10.6 Å². The number of hydrogen-bond donors (Lipinski definition) is 3. The van der Waals surface area contributed by atoms with Crippen LogP contribution in [0.15, 0.2) is 42.7 Å². The van der Waals surface area contributed by atoms with E-state index in [4.69, 9.17) is 4.98 Å². The summed E-state index contributed by atoms with van der Waals surface area (Å²) in [6.07, 6.45) is 10.9. The zero-order valence-corrected chi connectivity index (χ0v) is 18.1. The van der Waals surface area contributed by atoms with Crippen LogP contribution in [0.4, 0.5) is 0 Å². The van der Waals surface area contributed by atoms with E-state index in [1.54, 1.807) is 12.4 Å². The number of rotatable bonds is 7. The Kier molecular flexibility index (Phi) is 5.88. The molecule has 1 aromatic carbocycles. The van der Waals surface area contributed by atoms with Crippen molar-refractivity contribution >= 4 is 23.0 Å². The van der Waals surface area contributed by atoms with Crippen molar-refractivity contribution in [2.45, 2.75) is 63.5 Å². The molecule has 2 fully saturated rings. The molecule has 3 aromatic rings. The molecule has 32 heavy (non-hydrogen) atoms. The Morgan fingerprint density at radius 3 is 2.59 bits per heavy atom. The summed E-state index contributed by atoms with van der Waals surface area (Å²) in [6.45, 7) is 0.447. The average Bonchev–Trinajstić information content (AvgIpc) is 3.61. The largest absolute Gasteiger partial charge is 0.350 e. The summed E-state index contributed by atoms with van der Waals surface area (Å²) in [4.78, 5) is 38.6. The second-order valence-electron chi connectivity index (χ2n) is 9.02. The molecular formula is C25H29N5O2. The molecule has 7 nitrogen and oxygen atoms in total. The highest BCUT2D eigenvalue weighted by Gasteiger charge is 2.32. The molecule has 0 spiro atoms. The van der Waals surface area contributed by atoms with Gasteiger partial charge in [-0.3, -0.25) is 9.59 Å². The molecule has 0 aliphatic heterocycles. The van der Waals surface area contributed by atoms with E-state index < -0.39 is 6.04 Å². The molecular weight excluding hydrogens is 402 g/mol. The van der Waals surface area contributed by atoms with Gasteiger partial charge in [0.15, 0.2) is 5.65 Å². The van der Waals surface area contributed by atoms with Crippen LogP contribution in [0.1, 0.15) is 72.5 Å². The smallest absolute Gasteiger partial charge is 0.255 e. The normalized spacial score (nSPS) is 17.8. The number of hydrogen-bond acceptors (Lipinski definition) is 4. The number of amides is 2. The fraction of sp³-hybridized carbons (Fsp3) is 0.440. The Hall–Kier alpha value is -3.22. The van der Waals surface area contributed by atoms with Gasteiger partial charge in [-0.2, -0.15) is 0 Å². The number of fused-ring (bicyclic) bond motifs is 1. The van der Waals surface area contributed by atoms with Crippen LogP contribution in [-0.4, -0.2) is 32.8 Å². The van der Waals surface area contributed by atoms with Crippen molar-refractivity contribution in [1.82, 2.24) is 25.6 Å². The van der Waals surface area contributed by atoms with Crippen LogP contribution in [0.2, 0.25) is 0 Å². The highest BCUT2D eigenvalue weighted by Crippen LogP contribution is 2.39. The number of carbonyl (C=O) groups excluding carboxylic acids is 2. The maximum Gasteiger partial charge on any atom is 0.255 e. The highest BCUT2D eigenvalue weighted by molar-refractivity contribution is 6.06. The molecule has 2 heterocycles. The van der Waals surface area contributed by atoms with Crippen LogP contribution >= 0.6 is 0 Å². The molecule has 2 aliphatic carbocycles. The number of H-pyrrole nitrogens is 1.